The molecule has 1 saturated heterocycles. The first kappa shape index (κ1) is 13.0. The van der Waals surface area contributed by atoms with Crippen LogP contribution >= 0.6 is 0 Å². The minimum Gasteiger partial charge on any atom is -0.307 e. The van der Waals surface area contributed by atoms with Crippen LogP contribution in [0.3, 0.4) is 0 Å². The molecule has 1 N–H and O–H groups in total. The Morgan fingerprint density at radius 2 is 2.00 bits per heavy atom. The zero-order chi connectivity index (χ0) is 13.3. The van der Waals surface area contributed by atoms with Crippen LogP contribution in [-0.4, -0.2) is 40.2 Å². The molecule has 0 aliphatic carbocycles. The van der Waals surface area contributed by atoms with Gasteiger partial charge < -0.3 is 10.2 Å². The Kier molecular flexibility index (Phi) is 3.68. The van der Waals surface area contributed by atoms with E-state index in [4.69, 9.17) is 0 Å². The molecule has 0 radical (unpaired) electrons. The zero-order valence-corrected chi connectivity index (χ0v) is 11.1. The van der Waals surface area contributed by atoms with Gasteiger partial charge in [0.2, 0.25) is 0 Å². The molecule has 1 aliphatic rings. The Morgan fingerprint density at radius 1 is 1.28 bits per heavy atom. The lowest BCUT2D eigenvalue weighted by atomic mass is 10.2. The highest BCUT2D eigenvalue weighted by atomic mass is 16.2. The number of nitrogens with zero attached hydrogens (tertiary/aromatic N) is 3. The number of aromatic nitrogens is 2. The topological polar surface area (TPSA) is 59.3 Å². The first-order valence-electron chi connectivity index (χ1n) is 6.17. The number of likely N-dealkylation sites (tertiary alicyclic amines) is 1. The van der Waals surface area contributed by atoms with E-state index in [-0.39, 0.29) is 11.2 Å². The minimum absolute atomic E-state index is 0.251. The minimum atomic E-state index is -0.275. The molecule has 18 heavy (non-hydrogen) atoms. The molecule has 2 rings (SSSR count). The van der Waals surface area contributed by atoms with Crippen molar-refractivity contribution in [2.24, 2.45) is 14.1 Å². The summed E-state index contributed by atoms with van der Waals surface area (Å²) in [5.74, 6) is 0. The van der Waals surface area contributed by atoms with E-state index in [0.717, 1.165) is 29.8 Å². The lowest BCUT2D eigenvalue weighted by Gasteiger charge is -2.15. The van der Waals surface area contributed by atoms with Crippen molar-refractivity contribution in [3.05, 3.63) is 32.6 Å². The summed E-state index contributed by atoms with van der Waals surface area (Å²) in [6.45, 7) is 2.66. The SMILES string of the molecule is CN1CCC(NCc2cc(=O)n(C)c(=O)n2C)C1. The standard InChI is InChI=1S/C12H20N4O2/c1-14-5-4-9(8-14)13-7-10-6-11(17)16(3)12(18)15(10)2/h6,9,13H,4-5,7-8H2,1-3H3. The Labute approximate surface area is 106 Å². The van der Waals surface area contributed by atoms with Gasteiger partial charge in [0.15, 0.2) is 0 Å². The predicted molar refractivity (Wildman–Crippen MR) is 69.7 cm³/mol. The molecule has 1 aromatic heterocycles. The summed E-state index contributed by atoms with van der Waals surface area (Å²) in [6, 6.07) is 1.96. The van der Waals surface area contributed by atoms with Gasteiger partial charge in [0.25, 0.3) is 5.56 Å². The van der Waals surface area contributed by atoms with Crippen LogP contribution in [0.2, 0.25) is 0 Å². The van der Waals surface area contributed by atoms with Gasteiger partial charge in [-0.05, 0) is 20.0 Å². The summed E-state index contributed by atoms with van der Waals surface area (Å²) in [6.07, 6.45) is 1.11. The molecule has 6 nitrogen and oxygen atoms in total. The third kappa shape index (κ3) is 2.54. The summed E-state index contributed by atoms with van der Waals surface area (Å²) in [7, 11) is 5.28. The Balaban J connectivity index is 2.11. The van der Waals surface area contributed by atoms with E-state index in [1.165, 1.54) is 17.7 Å². The molecule has 1 unspecified atom stereocenters. The van der Waals surface area contributed by atoms with Crippen LogP contribution in [0.25, 0.3) is 0 Å². The van der Waals surface area contributed by atoms with Crippen LogP contribution in [0.1, 0.15) is 12.1 Å². The molecule has 1 fully saturated rings. The highest BCUT2D eigenvalue weighted by molar-refractivity contribution is 5.02. The van der Waals surface area contributed by atoms with Crippen LogP contribution in [0.5, 0.6) is 0 Å². The van der Waals surface area contributed by atoms with E-state index >= 15 is 0 Å². The lowest BCUT2D eigenvalue weighted by molar-refractivity contribution is 0.396. The van der Waals surface area contributed by atoms with Gasteiger partial charge in [-0.25, -0.2) is 4.79 Å². The largest absolute Gasteiger partial charge is 0.330 e. The molecule has 6 heteroatoms. The van der Waals surface area contributed by atoms with Crippen molar-refractivity contribution >= 4 is 0 Å². The van der Waals surface area contributed by atoms with E-state index in [9.17, 15) is 9.59 Å². The summed E-state index contributed by atoms with van der Waals surface area (Å²) >= 11 is 0. The number of rotatable bonds is 3. The van der Waals surface area contributed by atoms with Gasteiger partial charge in [-0.15, -0.1) is 0 Å². The van der Waals surface area contributed by atoms with Crippen molar-refractivity contribution in [2.45, 2.75) is 19.0 Å². The second-order valence-corrected chi connectivity index (χ2v) is 5.00. The summed E-state index contributed by atoms with van der Waals surface area (Å²) in [5.41, 5.74) is 0.207. The van der Waals surface area contributed by atoms with Crippen LogP contribution in [-0.2, 0) is 20.6 Å². The maximum absolute atomic E-state index is 11.7. The molecule has 1 atom stereocenters. The quantitative estimate of drug-likeness (QED) is 0.740. The summed E-state index contributed by atoms with van der Waals surface area (Å²) < 4.78 is 2.64. The number of nitrogens with one attached hydrogen (secondary N) is 1. The Hall–Kier alpha value is -1.40. The lowest BCUT2D eigenvalue weighted by Crippen LogP contribution is -2.40. The van der Waals surface area contributed by atoms with Gasteiger partial charge in [-0.3, -0.25) is 13.9 Å². The molecular weight excluding hydrogens is 232 g/mol. The first-order valence-corrected chi connectivity index (χ1v) is 6.17. The van der Waals surface area contributed by atoms with Crippen molar-refractivity contribution in [1.29, 1.82) is 0 Å². The van der Waals surface area contributed by atoms with Crippen LogP contribution in [0, 0.1) is 0 Å². The molecule has 0 bridgehead atoms. The maximum Gasteiger partial charge on any atom is 0.330 e. The third-order valence-electron chi connectivity index (χ3n) is 3.59. The molecule has 100 valence electrons. The van der Waals surface area contributed by atoms with E-state index in [2.05, 4.69) is 17.3 Å². The molecule has 0 amide bonds. The number of likely N-dealkylation sites (N-methyl/N-ethyl adjacent to an activating group) is 1. The Morgan fingerprint density at radius 3 is 2.61 bits per heavy atom. The molecule has 0 spiro atoms. The van der Waals surface area contributed by atoms with Gasteiger partial charge in [-0.2, -0.15) is 0 Å². The van der Waals surface area contributed by atoms with Crippen molar-refractivity contribution in [3.63, 3.8) is 0 Å². The molecular formula is C12H20N4O2. The molecule has 0 aromatic carbocycles. The smallest absolute Gasteiger partial charge is 0.307 e. The third-order valence-corrected chi connectivity index (χ3v) is 3.59. The molecule has 2 heterocycles. The normalized spacial score (nSPS) is 20.5. The van der Waals surface area contributed by atoms with Gasteiger partial charge in [-0.1, -0.05) is 0 Å². The van der Waals surface area contributed by atoms with Crippen molar-refractivity contribution in [3.8, 4) is 0 Å². The molecule has 1 aromatic rings. The van der Waals surface area contributed by atoms with Crippen molar-refractivity contribution in [2.75, 3.05) is 20.1 Å². The van der Waals surface area contributed by atoms with Crippen molar-refractivity contribution < 1.29 is 0 Å². The van der Waals surface area contributed by atoms with Gasteiger partial charge in [0, 0.05) is 45.0 Å². The van der Waals surface area contributed by atoms with Gasteiger partial charge in [0.05, 0.1) is 0 Å². The molecule has 1 aliphatic heterocycles. The first-order chi connectivity index (χ1) is 8.49. The number of hydrogen-bond donors (Lipinski definition) is 1. The highest BCUT2D eigenvalue weighted by Gasteiger charge is 2.19. The summed E-state index contributed by atoms with van der Waals surface area (Å²) in [4.78, 5) is 25.6. The van der Waals surface area contributed by atoms with Gasteiger partial charge in [0.1, 0.15) is 0 Å². The Bertz CT molecular complexity index is 546. The van der Waals surface area contributed by atoms with E-state index < -0.39 is 0 Å². The van der Waals surface area contributed by atoms with E-state index in [1.54, 1.807) is 7.05 Å². The predicted octanol–water partition coefficient (Wildman–Crippen LogP) is -1.12. The average molecular weight is 252 g/mol. The fourth-order valence-corrected chi connectivity index (χ4v) is 2.30. The zero-order valence-electron chi connectivity index (χ0n) is 11.1. The van der Waals surface area contributed by atoms with Gasteiger partial charge >= 0.3 is 5.69 Å². The summed E-state index contributed by atoms with van der Waals surface area (Å²) in [5, 5.41) is 3.39. The maximum atomic E-state index is 11.7. The number of hydrogen-bond acceptors (Lipinski definition) is 4. The molecule has 0 saturated carbocycles. The second kappa shape index (κ2) is 5.07. The highest BCUT2D eigenvalue weighted by Crippen LogP contribution is 2.06. The van der Waals surface area contributed by atoms with E-state index in [1.807, 2.05) is 0 Å². The second-order valence-electron chi connectivity index (χ2n) is 5.00. The fourth-order valence-electron chi connectivity index (χ4n) is 2.30. The fraction of sp³-hybridized carbons (Fsp3) is 0.667. The van der Waals surface area contributed by atoms with Crippen LogP contribution in [0.15, 0.2) is 15.7 Å². The van der Waals surface area contributed by atoms with Crippen LogP contribution < -0.4 is 16.6 Å². The van der Waals surface area contributed by atoms with E-state index in [0.29, 0.717) is 12.6 Å². The van der Waals surface area contributed by atoms with Crippen molar-refractivity contribution in [1.82, 2.24) is 19.4 Å². The van der Waals surface area contributed by atoms with Crippen LogP contribution in [0.4, 0.5) is 0 Å². The average Bonchev–Trinajstić information content (AvgIpc) is 2.75. The monoisotopic (exact) mass is 252 g/mol.